The first-order valence-electron chi connectivity index (χ1n) is 7.14. The van der Waals surface area contributed by atoms with Crippen LogP contribution in [-0.4, -0.2) is 31.1 Å². The average Bonchev–Trinajstić information content (AvgIpc) is 2.91. The molecule has 3 nitrogen and oxygen atoms in total. The van der Waals surface area contributed by atoms with E-state index in [0.29, 0.717) is 6.54 Å². The van der Waals surface area contributed by atoms with E-state index in [1.807, 2.05) is 6.07 Å². The molecular weight excluding hydrogens is 253 g/mol. The first-order valence-corrected chi connectivity index (χ1v) is 7.14. The van der Waals surface area contributed by atoms with E-state index < -0.39 is 5.82 Å². The van der Waals surface area contributed by atoms with E-state index in [1.165, 1.54) is 31.7 Å². The fourth-order valence-electron chi connectivity index (χ4n) is 3.02. The van der Waals surface area contributed by atoms with Gasteiger partial charge in [-0.3, -0.25) is 0 Å². The molecule has 1 saturated carbocycles. The highest BCUT2D eigenvalue weighted by atomic mass is 19.1. The summed E-state index contributed by atoms with van der Waals surface area (Å²) < 4.78 is 13.3. The number of benzene rings is 1. The molecule has 2 rings (SSSR count). The predicted molar refractivity (Wildman–Crippen MR) is 77.7 cm³/mol. The van der Waals surface area contributed by atoms with Crippen LogP contribution >= 0.6 is 0 Å². The van der Waals surface area contributed by atoms with Crippen molar-refractivity contribution in [3.8, 4) is 6.07 Å². The number of hydrogen-bond donors (Lipinski definition) is 1. The number of nitrogens with one attached hydrogen (secondary N) is 1. The quantitative estimate of drug-likeness (QED) is 0.898. The minimum Gasteiger partial charge on any atom is -0.311 e. The van der Waals surface area contributed by atoms with Crippen LogP contribution in [0.2, 0.25) is 0 Å². The molecule has 0 aromatic heterocycles. The second kappa shape index (κ2) is 6.34. The molecule has 0 saturated heterocycles. The summed E-state index contributed by atoms with van der Waals surface area (Å²) in [5.41, 5.74) is 1.32. The van der Waals surface area contributed by atoms with Gasteiger partial charge in [-0.15, -0.1) is 0 Å². The number of hydrogen-bond acceptors (Lipinski definition) is 3. The van der Waals surface area contributed by atoms with E-state index in [4.69, 9.17) is 5.26 Å². The molecule has 0 spiro atoms. The number of rotatable bonds is 5. The maximum atomic E-state index is 13.3. The topological polar surface area (TPSA) is 39.1 Å². The van der Waals surface area contributed by atoms with E-state index in [2.05, 4.69) is 24.3 Å². The van der Waals surface area contributed by atoms with Gasteiger partial charge in [0.2, 0.25) is 0 Å². The smallest absolute Gasteiger partial charge is 0.140 e. The fourth-order valence-corrected chi connectivity index (χ4v) is 3.02. The Morgan fingerprint density at radius 2 is 2.05 bits per heavy atom. The van der Waals surface area contributed by atoms with Gasteiger partial charge in [0, 0.05) is 18.6 Å². The number of halogens is 1. The molecule has 0 radical (unpaired) electrons. The van der Waals surface area contributed by atoms with Crippen LogP contribution in [0.4, 0.5) is 4.39 Å². The minimum absolute atomic E-state index is 0.118. The van der Waals surface area contributed by atoms with Crippen LogP contribution in [0.25, 0.3) is 0 Å². The maximum Gasteiger partial charge on any atom is 0.140 e. The van der Waals surface area contributed by atoms with Crippen molar-refractivity contribution in [3.05, 3.63) is 35.1 Å². The predicted octanol–water partition coefficient (Wildman–Crippen LogP) is 2.66. The van der Waals surface area contributed by atoms with Crippen molar-refractivity contribution in [2.75, 3.05) is 20.6 Å². The van der Waals surface area contributed by atoms with Gasteiger partial charge in [0.05, 0.1) is 5.56 Å². The van der Waals surface area contributed by atoms with Crippen LogP contribution in [-0.2, 0) is 6.54 Å². The van der Waals surface area contributed by atoms with Crippen LogP contribution in [0.3, 0.4) is 0 Å². The first kappa shape index (κ1) is 15.0. The number of nitrogens with zero attached hydrogens (tertiary/aromatic N) is 2. The normalized spacial score (nSPS) is 17.4. The SMILES string of the molecule is CN(C)C1(CNCc2ccc(F)c(C#N)c2)CCCC1. The van der Waals surface area contributed by atoms with Crippen molar-refractivity contribution in [2.24, 2.45) is 0 Å². The van der Waals surface area contributed by atoms with Crippen LogP contribution in [0.5, 0.6) is 0 Å². The molecule has 20 heavy (non-hydrogen) atoms. The second-order valence-corrected chi connectivity index (χ2v) is 5.86. The lowest BCUT2D eigenvalue weighted by Gasteiger charge is -2.36. The highest BCUT2D eigenvalue weighted by Crippen LogP contribution is 2.33. The Morgan fingerprint density at radius 3 is 2.65 bits per heavy atom. The Balaban J connectivity index is 1.94. The zero-order valence-electron chi connectivity index (χ0n) is 12.2. The lowest BCUT2D eigenvalue weighted by molar-refractivity contribution is 0.153. The van der Waals surface area contributed by atoms with Crippen molar-refractivity contribution in [3.63, 3.8) is 0 Å². The maximum absolute atomic E-state index is 13.3. The van der Waals surface area contributed by atoms with Crippen molar-refractivity contribution in [2.45, 2.75) is 37.8 Å². The molecule has 1 N–H and O–H groups in total. The van der Waals surface area contributed by atoms with Gasteiger partial charge in [-0.1, -0.05) is 18.9 Å². The molecule has 1 aromatic carbocycles. The Morgan fingerprint density at radius 1 is 1.35 bits per heavy atom. The van der Waals surface area contributed by atoms with E-state index in [1.54, 1.807) is 12.1 Å². The zero-order valence-corrected chi connectivity index (χ0v) is 12.2. The van der Waals surface area contributed by atoms with Gasteiger partial charge in [0.25, 0.3) is 0 Å². The number of likely N-dealkylation sites (N-methyl/N-ethyl adjacent to an activating group) is 1. The van der Waals surface area contributed by atoms with Gasteiger partial charge >= 0.3 is 0 Å². The summed E-state index contributed by atoms with van der Waals surface area (Å²) in [5, 5.41) is 12.3. The van der Waals surface area contributed by atoms with Crippen molar-refractivity contribution in [1.82, 2.24) is 10.2 Å². The van der Waals surface area contributed by atoms with E-state index in [-0.39, 0.29) is 11.1 Å². The Labute approximate surface area is 120 Å². The molecule has 4 heteroatoms. The molecule has 1 aliphatic rings. The van der Waals surface area contributed by atoms with Crippen LogP contribution in [0, 0.1) is 17.1 Å². The molecule has 108 valence electrons. The highest BCUT2D eigenvalue weighted by molar-refractivity contribution is 5.34. The third-order valence-corrected chi connectivity index (χ3v) is 4.42. The molecule has 0 aliphatic heterocycles. The Kier molecular flexibility index (Phi) is 4.74. The average molecular weight is 275 g/mol. The van der Waals surface area contributed by atoms with Gasteiger partial charge in [-0.25, -0.2) is 4.39 Å². The monoisotopic (exact) mass is 275 g/mol. The second-order valence-electron chi connectivity index (χ2n) is 5.86. The van der Waals surface area contributed by atoms with Gasteiger partial charge in [0.15, 0.2) is 0 Å². The van der Waals surface area contributed by atoms with Crippen molar-refractivity contribution < 1.29 is 4.39 Å². The number of nitriles is 1. The third kappa shape index (κ3) is 3.17. The van der Waals surface area contributed by atoms with Crippen LogP contribution in [0.15, 0.2) is 18.2 Å². The summed E-state index contributed by atoms with van der Waals surface area (Å²) in [6.07, 6.45) is 5.02. The molecule has 1 aromatic rings. The van der Waals surface area contributed by atoms with Gasteiger partial charge in [-0.2, -0.15) is 5.26 Å². The molecule has 1 aliphatic carbocycles. The van der Waals surface area contributed by atoms with Crippen molar-refractivity contribution in [1.29, 1.82) is 5.26 Å². The highest BCUT2D eigenvalue weighted by Gasteiger charge is 2.35. The molecular formula is C16H22FN3. The molecule has 0 atom stereocenters. The molecule has 1 fully saturated rings. The fraction of sp³-hybridized carbons (Fsp3) is 0.562. The van der Waals surface area contributed by atoms with Crippen LogP contribution < -0.4 is 5.32 Å². The third-order valence-electron chi connectivity index (χ3n) is 4.42. The van der Waals surface area contributed by atoms with E-state index >= 15 is 0 Å². The van der Waals surface area contributed by atoms with Gasteiger partial charge < -0.3 is 10.2 Å². The lowest BCUT2D eigenvalue weighted by Crippen LogP contribution is -2.49. The lowest BCUT2D eigenvalue weighted by atomic mass is 9.96. The first-order chi connectivity index (χ1) is 9.57. The summed E-state index contributed by atoms with van der Waals surface area (Å²) >= 11 is 0. The summed E-state index contributed by atoms with van der Waals surface area (Å²) in [7, 11) is 4.28. The molecule has 0 unspecified atom stereocenters. The summed E-state index contributed by atoms with van der Waals surface area (Å²) in [6, 6.07) is 6.61. The van der Waals surface area contributed by atoms with E-state index in [9.17, 15) is 4.39 Å². The molecule has 0 heterocycles. The molecule has 0 bridgehead atoms. The van der Waals surface area contributed by atoms with Gasteiger partial charge in [0.1, 0.15) is 11.9 Å². The summed E-state index contributed by atoms with van der Waals surface area (Å²) in [4.78, 5) is 2.32. The zero-order chi connectivity index (χ0) is 14.6. The summed E-state index contributed by atoms with van der Waals surface area (Å²) in [5.74, 6) is -0.447. The Bertz CT molecular complexity index is 499. The standard InChI is InChI=1S/C16H22FN3/c1-20(2)16(7-3-4-8-16)12-19-11-13-5-6-15(17)14(9-13)10-18/h5-6,9,19H,3-4,7-8,11-12H2,1-2H3. The van der Waals surface area contributed by atoms with Gasteiger partial charge in [-0.05, 0) is 44.6 Å². The minimum atomic E-state index is -0.447. The summed E-state index contributed by atoms with van der Waals surface area (Å²) in [6.45, 7) is 1.60. The van der Waals surface area contributed by atoms with E-state index in [0.717, 1.165) is 12.1 Å². The Hall–Kier alpha value is -1.44. The van der Waals surface area contributed by atoms with Crippen LogP contribution in [0.1, 0.15) is 36.8 Å². The van der Waals surface area contributed by atoms with Crippen molar-refractivity contribution >= 4 is 0 Å². The largest absolute Gasteiger partial charge is 0.311 e. The molecule has 0 amide bonds.